The van der Waals surface area contributed by atoms with Gasteiger partial charge in [-0.05, 0) is 37.8 Å². The van der Waals surface area contributed by atoms with E-state index in [2.05, 4.69) is 19.9 Å². The number of morpholine rings is 1. The lowest BCUT2D eigenvalue weighted by Crippen LogP contribution is -2.67. The van der Waals surface area contributed by atoms with E-state index in [9.17, 15) is 4.79 Å². The van der Waals surface area contributed by atoms with Gasteiger partial charge in [0.25, 0.3) is 0 Å². The highest BCUT2D eigenvalue weighted by atomic mass is 16.5. The molecular formula is C20H25N5O2. The molecule has 3 aliphatic heterocycles. The predicted molar refractivity (Wildman–Crippen MR) is 101 cm³/mol. The van der Waals surface area contributed by atoms with Crippen molar-refractivity contribution in [3.8, 4) is 5.69 Å². The summed E-state index contributed by atoms with van der Waals surface area (Å²) < 4.78 is 7.42. The molecule has 3 saturated heterocycles. The van der Waals surface area contributed by atoms with Crippen LogP contribution in [0.15, 0.2) is 30.9 Å². The van der Waals surface area contributed by atoms with Crippen LogP contribution in [0.25, 0.3) is 5.69 Å². The molecule has 3 fully saturated rings. The van der Waals surface area contributed by atoms with Gasteiger partial charge in [-0.15, -0.1) is 0 Å². The molecule has 0 saturated carbocycles. The van der Waals surface area contributed by atoms with E-state index in [1.54, 1.807) is 6.20 Å². The summed E-state index contributed by atoms with van der Waals surface area (Å²) >= 11 is 0. The van der Waals surface area contributed by atoms with Gasteiger partial charge in [-0.3, -0.25) is 9.78 Å². The quantitative estimate of drug-likeness (QED) is 0.828. The molecule has 0 N–H and O–H groups in total. The maximum Gasteiger partial charge on any atom is 0.226 e. The molecule has 2 unspecified atom stereocenters. The summed E-state index contributed by atoms with van der Waals surface area (Å²) in [6, 6.07) is 2.64. The summed E-state index contributed by atoms with van der Waals surface area (Å²) in [4.78, 5) is 21.7. The molecule has 0 aliphatic carbocycles. The normalized spacial score (nSPS) is 25.4. The van der Waals surface area contributed by atoms with Gasteiger partial charge in [0.1, 0.15) is 0 Å². The Labute approximate surface area is 158 Å². The first-order valence-corrected chi connectivity index (χ1v) is 9.81. The van der Waals surface area contributed by atoms with Crippen LogP contribution in [0.4, 0.5) is 5.69 Å². The number of fused-ring (bicyclic) bond motifs is 2. The van der Waals surface area contributed by atoms with Crippen LogP contribution < -0.4 is 4.90 Å². The van der Waals surface area contributed by atoms with Gasteiger partial charge in [0, 0.05) is 31.4 Å². The van der Waals surface area contributed by atoms with Crippen LogP contribution in [0.5, 0.6) is 0 Å². The first-order valence-electron chi connectivity index (χ1n) is 9.81. The zero-order chi connectivity index (χ0) is 18.4. The Balaban J connectivity index is 1.28. The number of pyridine rings is 1. The van der Waals surface area contributed by atoms with Gasteiger partial charge in [-0.25, -0.2) is 4.68 Å². The molecule has 3 aliphatic rings. The molecule has 2 aromatic heterocycles. The largest absolute Gasteiger partial charge is 0.377 e. The van der Waals surface area contributed by atoms with Gasteiger partial charge < -0.3 is 14.5 Å². The van der Waals surface area contributed by atoms with Gasteiger partial charge in [-0.2, -0.15) is 5.10 Å². The molecule has 2 atom stereocenters. The lowest BCUT2D eigenvalue weighted by atomic mass is 9.86. The number of nitrogens with zero attached hydrogens (tertiary/aromatic N) is 5. The number of piperidine rings is 1. The third-order valence-electron chi connectivity index (χ3n) is 6.13. The number of carbonyl (C=O) groups is 1. The molecule has 2 bridgehead atoms. The number of hydrogen-bond donors (Lipinski definition) is 0. The van der Waals surface area contributed by atoms with Gasteiger partial charge in [0.15, 0.2) is 0 Å². The number of amides is 1. The van der Waals surface area contributed by atoms with Crippen LogP contribution in [-0.4, -0.2) is 64.0 Å². The van der Waals surface area contributed by atoms with Crippen molar-refractivity contribution in [1.82, 2.24) is 19.7 Å². The van der Waals surface area contributed by atoms with Gasteiger partial charge in [-0.1, -0.05) is 0 Å². The Morgan fingerprint density at radius 3 is 2.59 bits per heavy atom. The minimum absolute atomic E-state index is 0.136. The van der Waals surface area contributed by atoms with E-state index in [0.29, 0.717) is 31.2 Å². The molecule has 0 radical (unpaired) electrons. The fourth-order valence-corrected chi connectivity index (χ4v) is 4.64. The van der Waals surface area contributed by atoms with E-state index in [0.717, 1.165) is 49.3 Å². The number of carbonyl (C=O) groups excluding carboxylic acids is 1. The maximum absolute atomic E-state index is 13.0. The number of aromatic nitrogens is 3. The van der Waals surface area contributed by atoms with Crippen LogP contribution >= 0.6 is 0 Å². The predicted octanol–water partition coefficient (Wildman–Crippen LogP) is 1.79. The average molecular weight is 367 g/mol. The van der Waals surface area contributed by atoms with Crippen molar-refractivity contribution < 1.29 is 9.53 Å². The number of rotatable bonds is 3. The Bertz CT molecular complexity index is 828. The van der Waals surface area contributed by atoms with Gasteiger partial charge in [0.05, 0.1) is 49.1 Å². The monoisotopic (exact) mass is 367 g/mol. The summed E-state index contributed by atoms with van der Waals surface area (Å²) in [5.41, 5.74) is 3.25. The lowest BCUT2D eigenvalue weighted by molar-refractivity contribution is -0.172. The zero-order valence-corrected chi connectivity index (χ0v) is 15.6. The number of ether oxygens (including phenoxy) is 1. The van der Waals surface area contributed by atoms with Gasteiger partial charge in [0.2, 0.25) is 5.91 Å². The third kappa shape index (κ3) is 2.90. The second-order valence-electron chi connectivity index (χ2n) is 7.91. The molecule has 0 spiro atoms. The molecule has 5 rings (SSSR count). The molecule has 5 heterocycles. The highest BCUT2D eigenvalue weighted by molar-refractivity contribution is 5.81. The number of anilines is 1. The van der Waals surface area contributed by atoms with Crippen molar-refractivity contribution in [2.24, 2.45) is 5.92 Å². The molecule has 1 amide bonds. The Kier molecular flexibility index (Phi) is 4.11. The van der Waals surface area contributed by atoms with E-state index < -0.39 is 0 Å². The van der Waals surface area contributed by atoms with Crippen molar-refractivity contribution >= 4 is 11.6 Å². The van der Waals surface area contributed by atoms with Crippen LogP contribution in [0.2, 0.25) is 0 Å². The molecular weight excluding hydrogens is 342 g/mol. The first kappa shape index (κ1) is 16.7. The molecule has 27 heavy (non-hydrogen) atoms. The molecule has 0 aromatic carbocycles. The van der Waals surface area contributed by atoms with E-state index in [1.165, 1.54) is 0 Å². The Hall–Kier alpha value is -2.41. The molecule has 7 nitrogen and oxygen atoms in total. The second kappa shape index (κ2) is 6.64. The van der Waals surface area contributed by atoms with Crippen LogP contribution in [0, 0.1) is 12.8 Å². The fraction of sp³-hybridized carbons (Fsp3) is 0.550. The Morgan fingerprint density at radius 1 is 1.15 bits per heavy atom. The fourth-order valence-electron chi connectivity index (χ4n) is 4.64. The maximum atomic E-state index is 13.0. The highest BCUT2D eigenvalue weighted by Gasteiger charge is 2.47. The third-order valence-corrected chi connectivity index (χ3v) is 6.13. The first-order chi connectivity index (χ1) is 13.2. The SMILES string of the molecule is Cc1cnn(-c2ccncc2N2CCC(C(=O)N3C4COCC3C4)CC2)c1. The Morgan fingerprint density at radius 2 is 1.93 bits per heavy atom. The summed E-state index contributed by atoms with van der Waals surface area (Å²) in [7, 11) is 0. The van der Waals surface area contributed by atoms with Crippen molar-refractivity contribution in [3.05, 3.63) is 36.4 Å². The minimum Gasteiger partial charge on any atom is -0.377 e. The molecule has 142 valence electrons. The lowest BCUT2D eigenvalue weighted by Gasteiger charge is -2.53. The van der Waals surface area contributed by atoms with E-state index in [1.807, 2.05) is 36.3 Å². The van der Waals surface area contributed by atoms with Crippen molar-refractivity contribution in [3.63, 3.8) is 0 Å². The van der Waals surface area contributed by atoms with Crippen molar-refractivity contribution in [2.75, 3.05) is 31.2 Å². The summed E-state index contributed by atoms with van der Waals surface area (Å²) in [5, 5.41) is 4.45. The van der Waals surface area contributed by atoms with Crippen LogP contribution in [0.1, 0.15) is 24.8 Å². The van der Waals surface area contributed by atoms with Gasteiger partial charge >= 0.3 is 0 Å². The summed E-state index contributed by atoms with van der Waals surface area (Å²) in [6.45, 7) is 5.20. The highest BCUT2D eigenvalue weighted by Crippen LogP contribution is 2.35. The van der Waals surface area contributed by atoms with E-state index in [4.69, 9.17) is 4.74 Å². The smallest absolute Gasteiger partial charge is 0.226 e. The second-order valence-corrected chi connectivity index (χ2v) is 7.91. The van der Waals surface area contributed by atoms with Crippen LogP contribution in [0.3, 0.4) is 0 Å². The van der Waals surface area contributed by atoms with Crippen LogP contribution in [-0.2, 0) is 9.53 Å². The van der Waals surface area contributed by atoms with E-state index >= 15 is 0 Å². The summed E-state index contributed by atoms with van der Waals surface area (Å²) in [5.74, 6) is 0.477. The average Bonchev–Trinajstić information content (AvgIpc) is 3.15. The van der Waals surface area contributed by atoms with Crippen molar-refractivity contribution in [2.45, 2.75) is 38.3 Å². The van der Waals surface area contributed by atoms with E-state index in [-0.39, 0.29) is 5.92 Å². The topological polar surface area (TPSA) is 63.5 Å². The number of aryl methyl sites for hydroxylation is 1. The standard InChI is InChI=1S/C20H25N5O2/c1-14-9-22-24(11-14)18-2-5-21-10-19(18)23-6-3-15(4-7-23)20(26)25-16-8-17(25)13-27-12-16/h2,5,9-11,15-17H,3-4,6-8,12-13H2,1H3. The summed E-state index contributed by atoms with van der Waals surface area (Å²) in [6.07, 6.45) is 10.5. The minimum atomic E-state index is 0.136. The zero-order valence-electron chi connectivity index (χ0n) is 15.6. The van der Waals surface area contributed by atoms with Crippen molar-refractivity contribution in [1.29, 1.82) is 0 Å². The molecule has 7 heteroatoms. The molecule has 2 aromatic rings. The number of hydrogen-bond acceptors (Lipinski definition) is 5.